The average Bonchev–Trinajstić information content (AvgIpc) is 2.97. The van der Waals surface area contributed by atoms with E-state index in [0.717, 1.165) is 16.8 Å². The minimum atomic E-state index is -4.64. The van der Waals surface area contributed by atoms with Crippen molar-refractivity contribution in [1.82, 2.24) is 9.78 Å². The molecule has 2 N–H and O–H groups in total. The van der Waals surface area contributed by atoms with Gasteiger partial charge >= 0.3 is 6.18 Å². The van der Waals surface area contributed by atoms with Gasteiger partial charge in [-0.2, -0.15) is 28.8 Å². The molecule has 1 aromatic heterocycles. The van der Waals surface area contributed by atoms with Crippen molar-refractivity contribution in [2.24, 2.45) is 10.7 Å². The molecule has 1 aromatic carbocycles. The highest BCUT2D eigenvalue weighted by atomic mass is 35.5. The number of alkyl halides is 3. The molecule has 2 rings (SSSR count). The van der Waals surface area contributed by atoms with Crippen LogP contribution in [0.25, 0.3) is 5.69 Å². The topological polar surface area (TPSA) is 104 Å². The number of hydrogen-bond acceptors (Lipinski definition) is 5. The van der Waals surface area contributed by atoms with E-state index in [1.165, 1.54) is 6.21 Å². The highest BCUT2D eigenvalue weighted by Crippen LogP contribution is 2.40. The normalized spacial score (nSPS) is 13.1. The second-order valence-electron chi connectivity index (χ2n) is 7.25. The predicted molar refractivity (Wildman–Crippen MR) is 112 cm³/mol. The standard InChI is InChI=1S/C19H14Cl3F3N6/c1-18(2,3)16-10(8-29-14(7-27)13(28)6-26)17(22)31(30-16)15-11(20)4-9(5-12(15)21)19(23,24)25/h4-5,8H,28H2,1-3H3/b14-13-,29-8+. The molecule has 0 aliphatic heterocycles. The van der Waals surface area contributed by atoms with Crippen molar-refractivity contribution in [1.29, 1.82) is 10.5 Å². The van der Waals surface area contributed by atoms with E-state index in [1.807, 2.05) is 20.8 Å². The lowest BCUT2D eigenvalue weighted by Crippen LogP contribution is -2.15. The van der Waals surface area contributed by atoms with Crippen LogP contribution < -0.4 is 5.73 Å². The number of benzene rings is 1. The lowest BCUT2D eigenvalue weighted by atomic mass is 9.90. The van der Waals surface area contributed by atoms with Gasteiger partial charge in [0, 0.05) is 11.6 Å². The van der Waals surface area contributed by atoms with Crippen molar-refractivity contribution in [2.75, 3.05) is 0 Å². The third-order valence-electron chi connectivity index (χ3n) is 3.93. The molecule has 0 saturated carbocycles. The number of nitrogens with zero attached hydrogens (tertiary/aromatic N) is 5. The smallest absolute Gasteiger partial charge is 0.388 e. The Morgan fingerprint density at radius 2 is 1.68 bits per heavy atom. The molecule has 0 fully saturated rings. The van der Waals surface area contributed by atoms with Crippen molar-refractivity contribution in [3.63, 3.8) is 0 Å². The summed E-state index contributed by atoms with van der Waals surface area (Å²) in [5.41, 5.74) is 3.67. The molecule has 0 saturated heterocycles. The molecule has 0 amide bonds. The minimum Gasteiger partial charge on any atom is -0.388 e. The summed E-state index contributed by atoms with van der Waals surface area (Å²) in [4.78, 5) is 3.91. The average molecular weight is 490 g/mol. The van der Waals surface area contributed by atoms with Crippen LogP contribution in [0.2, 0.25) is 15.2 Å². The summed E-state index contributed by atoms with van der Waals surface area (Å²) < 4.78 is 40.2. The van der Waals surface area contributed by atoms with Gasteiger partial charge in [0.2, 0.25) is 0 Å². The van der Waals surface area contributed by atoms with Crippen LogP contribution in [0.3, 0.4) is 0 Å². The molecule has 0 aliphatic rings. The van der Waals surface area contributed by atoms with Gasteiger partial charge in [-0.1, -0.05) is 55.6 Å². The largest absolute Gasteiger partial charge is 0.416 e. The van der Waals surface area contributed by atoms with E-state index in [1.54, 1.807) is 12.1 Å². The predicted octanol–water partition coefficient (Wildman–Crippen LogP) is 5.79. The van der Waals surface area contributed by atoms with E-state index in [4.69, 9.17) is 51.1 Å². The molecule has 0 radical (unpaired) electrons. The SMILES string of the molecule is CC(C)(C)c1nn(-c2c(Cl)cc(C(F)(F)F)cc2Cl)c(Cl)c1/C=N/C(C#N)=C(\N)C#N. The summed E-state index contributed by atoms with van der Waals surface area (Å²) in [6, 6.07) is 4.74. The Balaban J connectivity index is 2.77. The zero-order valence-corrected chi connectivity index (χ0v) is 18.6. The van der Waals surface area contributed by atoms with Crippen molar-refractivity contribution < 1.29 is 13.2 Å². The third-order valence-corrected chi connectivity index (χ3v) is 4.87. The Morgan fingerprint density at radius 3 is 2.10 bits per heavy atom. The van der Waals surface area contributed by atoms with Gasteiger partial charge < -0.3 is 5.73 Å². The molecule has 0 unspecified atom stereocenters. The maximum Gasteiger partial charge on any atom is 0.416 e. The molecule has 6 nitrogen and oxygen atoms in total. The second-order valence-corrected chi connectivity index (χ2v) is 8.42. The Hall–Kier alpha value is -2.72. The quantitative estimate of drug-likeness (QED) is 0.435. The van der Waals surface area contributed by atoms with E-state index in [2.05, 4.69) is 10.1 Å². The first-order valence-electron chi connectivity index (χ1n) is 8.42. The van der Waals surface area contributed by atoms with Crippen LogP contribution in [-0.2, 0) is 11.6 Å². The zero-order valence-electron chi connectivity index (χ0n) is 16.3. The van der Waals surface area contributed by atoms with Crippen molar-refractivity contribution in [3.05, 3.63) is 55.5 Å². The molecule has 1 heterocycles. The van der Waals surface area contributed by atoms with Gasteiger partial charge in [-0.15, -0.1) is 0 Å². The van der Waals surface area contributed by atoms with Crippen LogP contribution in [0, 0.1) is 22.7 Å². The third kappa shape index (κ3) is 5.13. The van der Waals surface area contributed by atoms with E-state index in [9.17, 15) is 13.2 Å². The summed E-state index contributed by atoms with van der Waals surface area (Å²) in [5, 5.41) is 21.7. The number of aromatic nitrogens is 2. The number of aliphatic imine (C=N–C) groups is 1. The molecule has 31 heavy (non-hydrogen) atoms. The van der Waals surface area contributed by atoms with Crippen LogP contribution in [0.1, 0.15) is 37.6 Å². The first kappa shape index (κ1) is 24.5. The van der Waals surface area contributed by atoms with Crippen LogP contribution in [0.4, 0.5) is 13.2 Å². The molecule has 0 spiro atoms. The van der Waals surface area contributed by atoms with Crippen LogP contribution >= 0.6 is 34.8 Å². The Bertz CT molecular complexity index is 1150. The number of rotatable bonds is 3. The van der Waals surface area contributed by atoms with Gasteiger partial charge in [0.05, 0.1) is 26.9 Å². The van der Waals surface area contributed by atoms with E-state index in [0.29, 0.717) is 5.69 Å². The first-order valence-corrected chi connectivity index (χ1v) is 9.55. The molecule has 12 heteroatoms. The fourth-order valence-electron chi connectivity index (χ4n) is 2.50. The van der Waals surface area contributed by atoms with Crippen LogP contribution in [0.5, 0.6) is 0 Å². The zero-order chi connectivity index (χ0) is 23.7. The maximum atomic E-state index is 13.0. The lowest BCUT2D eigenvalue weighted by molar-refractivity contribution is -0.137. The Kier molecular flexibility index (Phi) is 6.97. The summed E-state index contributed by atoms with van der Waals surface area (Å²) >= 11 is 18.6. The summed E-state index contributed by atoms with van der Waals surface area (Å²) in [6.45, 7) is 5.44. The fourth-order valence-corrected chi connectivity index (χ4v) is 3.41. The van der Waals surface area contributed by atoms with Gasteiger partial charge in [0.1, 0.15) is 28.7 Å². The molecule has 2 aromatic rings. The molecular formula is C19H14Cl3F3N6. The second kappa shape index (κ2) is 8.80. The van der Waals surface area contributed by atoms with Crippen LogP contribution in [0.15, 0.2) is 28.5 Å². The lowest BCUT2D eigenvalue weighted by Gasteiger charge is -2.16. The van der Waals surface area contributed by atoms with Gasteiger partial charge in [0.25, 0.3) is 0 Å². The molecule has 0 aliphatic carbocycles. The number of hydrogen-bond donors (Lipinski definition) is 1. The summed E-state index contributed by atoms with van der Waals surface area (Å²) in [7, 11) is 0. The van der Waals surface area contributed by atoms with Crippen molar-refractivity contribution >= 4 is 41.0 Å². The summed E-state index contributed by atoms with van der Waals surface area (Å²) in [5.74, 6) is 0. The van der Waals surface area contributed by atoms with E-state index >= 15 is 0 Å². The monoisotopic (exact) mass is 488 g/mol. The maximum absolute atomic E-state index is 13.0. The number of nitriles is 2. The number of halogens is 6. The molecule has 162 valence electrons. The number of allylic oxidation sites excluding steroid dienone is 2. The van der Waals surface area contributed by atoms with Crippen LogP contribution in [-0.4, -0.2) is 16.0 Å². The molecule has 0 atom stereocenters. The molecule has 0 bridgehead atoms. The Morgan fingerprint density at radius 1 is 1.13 bits per heavy atom. The Labute approximate surface area is 190 Å². The van der Waals surface area contributed by atoms with Gasteiger partial charge in [-0.05, 0) is 12.1 Å². The van der Waals surface area contributed by atoms with E-state index in [-0.39, 0.29) is 32.1 Å². The van der Waals surface area contributed by atoms with Gasteiger partial charge in [0.15, 0.2) is 5.70 Å². The number of nitrogens with two attached hydrogens (primary N) is 1. The van der Waals surface area contributed by atoms with E-state index < -0.39 is 22.9 Å². The minimum absolute atomic E-state index is 0.0564. The van der Waals surface area contributed by atoms with Crippen molar-refractivity contribution in [3.8, 4) is 17.8 Å². The highest BCUT2D eigenvalue weighted by Gasteiger charge is 2.33. The van der Waals surface area contributed by atoms with Gasteiger partial charge in [-0.3, -0.25) is 0 Å². The van der Waals surface area contributed by atoms with Crippen molar-refractivity contribution in [2.45, 2.75) is 32.4 Å². The summed E-state index contributed by atoms with van der Waals surface area (Å²) in [6.07, 6.45) is -3.45. The first-order chi connectivity index (χ1) is 14.2. The molecular weight excluding hydrogens is 476 g/mol. The highest BCUT2D eigenvalue weighted by molar-refractivity contribution is 6.38. The van der Waals surface area contributed by atoms with Gasteiger partial charge in [-0.25, -0.2) is 9.67 Å². The fraction of sp³-hybridized carbons (Fsp3) is 0.263.